The topological polar surface area (TPSA) is 270 Å². The maximum atomic E-state index is 12.5. The van der Waals surface area contributed by atoms with Crippen molar-refractivity contribution in [2.75, 3.05) is 70.8 Å². The number of benzene rings is 4. The molecule has 6 heterocycles. The third-order valence-corrected chi connectivity index (χ3v) is 19.2. The number of alkyl carbamates (subject to hydrolysis) is 2. The van der Waals surface area contributed by atoms with Crippen LogP contribution in [0.1, 0.15) is 160 Å². The van der Waals surface area contributed by atoms with Gasteiger partial charge in [0, 0.05) is 111 Å². The molecule has 0 spiro atoms. The fraction of sp³-hybridized carbons (Fsp3) is 0.545. The Labute approximate surface area is 672 Å². The Bertz CT molecular complexity index is 3580. The number of rotatable bonds is 14. The second kappa shape index (κ2) is 47.0. The molecule has 4 aromatic carbocycles. The summed E-state index contributed by atoms with van der Waals surface area (Å²) in [5.74, 6) is -2.67. The maximum Gasteiger partial charge on any atom is 0.490 e. The van der Waals surface area contributed by atoms with Crippen LogP contribution in [0.2, 0.25) is 0 Å². The van der Waals surface area contributed by atoms with E-state index in [9.17, 15) is 37.1 Å². The van der Waals surface area contributed by atoms with E-state index >= 15 is 0 Å². The zero-order chi connectivity index (χ0) is 76.8. The Balaban J connectivity index is 0.000000668. The van der Waals surface area contributed by atoms with Gasteiger partial charge in [-0.2, -0.15) is 23.7 Å². The first-order chi connectivity index (χ1) is 49.1. The number of carboxylic acid groups (broad SMARTS) is 1. The number of fused-ring (bicyclic) bond motifs is 4. The fourth-order valence-corrected chi connectivity index (χ4v) is 13.4. The Morgan fingerprint density at radius 1 is 0.551 bits per heavy atom. The van der Waals surface area contributed by atoms with Crippen molar-refractivity contribution < 1.29 is 62.6 Å². The van der Waals surface area contributed by atoms with Gasteiger partial charge in [0.2, 0.25) is 17.7 Å². The first kappa shape index (κ1) is 95.9. The van der Waals surface area contributed by atoms with E-state index < -0.39 is 29.4 Å². The monoisotopic (exact) mass is 1720 g/mol. The van der Waals surface area contributed by atoms with Crippen molar-refractivity contribution in [2.24, 2.45) is 5.73 Å². The molecule has 0 aromatic heterocycles. The SMILES string of the molecule is C.CC(C)(C)OC(=O)NCCC(=O)N1CCc2ccccc2C1.CC(C)(C)OC(=O)NCCC(=S)N1CCc2ccccc2C1.CC(C)(CC(=S)N1CCc2ccccc2C1)NCC(=O)N1CCC[C@H]1C#N.F.I.N#C[C@@H]1CCCN1C(=O)CBr.NCCC(=S)N1CCc2ccccc2C1.O=C(O)C(F)(F)F.[HH]. The number of carbonyl (C=O) groups excluding carboxylic acids is 5. The molecule has 592 valence electrons. The van der Waals surface area contributed by atoms with Crippen molar-refractivity contribution in [3.8, 4) is 12.1 Å². The second-order valence-corrected chi connectivity index (χ2v) is 30.3. The molecule has 6 aliphatic heterocycles. The van der Waals surface area contributed by atoms with Crippen LogP contribution in [0.15, 0.2) is 97.1 Å². The highest BCUT2D eigenvalue weighted by molar-refractivity contribution is 14.0. The van der Waals surface area contributed by atoms with Gasteiger partial charge in [-0.3, -0.25) is 19.1 Å². The summed E-state index contributed by atoms with van der Waals surface area (Å²) in [7, 11) is 0. The highest BCUT2D eigenvalue weighted by Gasteiger charge is 2.38. The molecule has 0 radical (unpaired) electrons. The van der Waals surface area contributed by atoms with Crippen LogP contribution in [0, 0.1) is 22.7 Å². The summed E-state index contributed by atoms with van der Waals surface area (Å²) < 4.78 is 42.1. The summed E-state index contributed by atoms with van der Waals surface area (Å²) >= 11 is 19.7. The third-order valence-electron chi connectivity index (χ3n) is 17.4. The predicted molar refractivity (Wildman–Crippen MR) is 438 cm³/mol. The van der Waals surface area contributed by atoms with Crippen LogP contribution < -0.4 is 21.7 Å². The number of ether oxygens (including phenoxy) is 2. The van der Waals surface area contributed by atoms with E-state index in [1.165, 1.54) is 44.5 Å². The van der Waals surface area contributed by atoms with Crippen molar-refractivity contribution in [3.63, 3.8) is 0 Å². The van der Waals surface area contributed by atoms with E-state index in [-0.39, 0.29) is 85.5 Å². The summed E-state index contributed by atoms with van der Waals surface area (Å²) in [5, 5.41) is 34.0. The molecule has 0 unspecified atom stereocenters. The van der Waals surface area contributed by atoms with Gasteiger partial charge in [-0.05, 0) is 158 Å². The predicted octanol–water partition coefficient (Wildman–Crippen LogP) is 13.3. The number of alkyl halides is 4. The lowest BCUT2D eigenvalue weighted by Crippen LogP contribution is -2.50. The first-order valence-electron chi connectivity index (χ1n) is 35.2. The number of nitrogens with two attached hydrogens (primary N) is 1. The molecule has 21 nitrogen and oxygen atoms in total. The number of carbonyl (C=O) groups is 6. The number of nitriles is 2. The molecule has 0 bridgehead atoms. The minimum absolute atomic E-state index is 0. The lowest BCUT2D eigenvalue weighted by Gasteiger charge is -2.35. The van der Waals surface area contributed by atoms with Gasteiger partial charge >= 0.3 is 24.3 Å². The fourth-order valence-electron chi connectivity index (χ4n) is 12.0. The molecule has 10 rings (SSSR count). The zero-order valence-electron chi connectivity index (χ0n) is 61.9. The number of nitrogens with one attached hydrogen (secondary N) is 3. The summed E-state index contributed by atoms with van der Waals surface area (Å²) in [5.41, 5.74) is 15.2. The van der Waals surface area contributed by atoms with E-state index in [2.05, 4.69) is 157 Å². The van der Waals surface area contributed by atoms with Crippen molar-refractivity contribution in [2.45, 2.75) is 201 Å². The minimum Gasteiger partial charge on any atom is -0.475 e. The van der Waals surface area contributed by atoms with Crippen molar-refractivity contribution in [1.82, 2.24) is 45.3 Å². The molecule has 2 saturated heterocycles. The smallest absolute Gasteiger partial charge is 0.475 e. The molecule has 2 fully saturated rings. The third kappa shape index (κ3) is 34.1. The Morgan fingerprint density at radius 2 is 0.879 bits per heavy atom. The number of hydrogen-bond acceptors (Lipinski definition) is 15. The van der Waals surface area contributed by atoms with Gasteiger partial charge in [-0.15, -0.1) is 24.0 Å². The van der Waals surface area contributed by atoms with E-state index in [1.54, 1.807) is 9.80 Å². The van der Waals surface area contributed by atoms with Crippen LogP contribution in [-0.4, -0.2) is 191 Å². The minimum atomic E-state index is -5.08. The molecular weight excluding hydrogens is 1620 g/mol. The van der Waals surface area contributed by atoms with Crippen molar-refractivity contribution >= 4 is 127 Å². The average Bonchev–Trinajstić information content (AvgIpc) is 1.25. The lowest BCUT2D eigenvalue weighted by atomic mass is 9.97. The van der Waals surface area contributed by atoms with Gasteiger partial charge in [0.25, 0.3) is 0 Å². The zero-order valence-corrected chi connectivity index (χ0v) is 68.3. The van der Waals surface area contributed by atoms with Gasteiger partial charge < -0.3 is 65.7 Å². The van der Waals surface area contributed by atoms with Gasteiger partial charge in [0.1, 0.15) is 23.3 Å². The molecule has 0 saturated carbocycles. The summed E-state index contributed by atoms with van der Waals surface area (Å²) in [4.78, 5) is 82.6. The standard InChI is InChI=1S/C21H28N4OS.C17H24N2O3.C17H24N2O2S.C12H16N2S.C7H9BrN2O.C2HF3O2.CH4.FH.HI.H2/c1-21(2,23-14-19(26)25-10-5-8-18(25)13-22)12-20(27)24-11-9-16-6-3-4-7-17(16)15-24;1-17(2,3)22-16(21)18-10-8-15(20)19-11-9-13-6-4-5-7-14(13)12-19;1-17(2,3)21-16(20)18-10-8-15(22)19-11-9-13-6-4-5-7-14(13)12-19;13-7-5-12(15)14-8-6-10-3-1-2-4-11(10)9-14;8-4-7(11)10-3-1-2-6(10)5-9;3-2(4,5)1(6)7;;;;/h3-4,6-7,18,23H,5,8-12,14-15H2,1-2H3;4-7H,8-12H2,1-3H3,(H,18,21);4-7H,8-12H2,1-3H3,(H,18,20);1-4H,5-9,13H2;6H,1-4H2;(H,6,7);1H4;3*1H/t18-;;;;6-;;;;;/m0...0...../s1. The highest BCUT2D eigenvalue weighted by Crippen LogP contribution is 2.26. The number of halogens is 6. The van der Waals surface area contributed by atoms with E-state index in [0.717, 1.165) is 125 Å². The molecule has 6 N–H and O–H groups in total. The van der Waals surface area contributed by atoms with Gasteiger partial charge in [-0.1, -0.05) is 157 Å². The normalized spacial score (nSPS) is 16.0. The number of amides is 5. The van der Waals surface area contributed by atoms with Crippen LogP contribution >= 0.6 is 76.6 Å². The largest absolute Gasteiger partial charge is 0.490 e. The number of aliphatic carboxylic acids is 1. The van der Waals surface area contributed by atoms with Gasteiger partial charge in [-0.25, -0.2) is 14.4 Å². The second-order valence-electron chi connectivity index (χ2n) is 28.3. The summed E-state index contributed by atoms with van der Waals surface area (Å²) in [6.45, 7) is 25.3. The number of likely N-dealkylation sites (tertiary alicyclic amines) is 2. The van der Waals surface area contributed by atoms with Gasteiger partial charge in [0.05, 0.1) is 39.0 Å². The molecule has 107 heavy (non-hydrogen) atoms. The molecule has 5 amide bonds. The molecule has 4 aromatic rings. The summed E-state index contributed by atoms with van der Waals surface area (Å²) in [6.07, 6.45) is 4.05. The Hall–Kier alpha value is -7.20. The van der Waals surface area contributed by atoms with Crippen LogP contribution in [0.25, 0.3) is 0 Å². The summed E-state index contributed by atoms with van der Waals surface area (Å²) in [6, 6.07) is 37.7. The number of thiocarbonyl (C=S) groups is 3. The van der Waals surface area contributed by atoms with Crippen LogP contribution in [0.5, 0.6) is 0 Å². The maximum absolute atomic E-state index is 12.5. The van der Waals surface area contributed by atoms with Crippen LogP contribution in [0.3, 0.4) is 0 Å². The average molecular weight is 1730 g/mol. The first-order valence-corrected chi connectivity index (χ1v) is 37.5. The number of carboxylic acids is 1. The quantitative estimate of drug-likeness (QED) is 0.0340. The van der Waals surface area contributed by atoms with E-state index in [1.807, 2.05) is 58.6 Å². The molecular formula is C77H110BrF4IN12O9S3. The van der Waals surface area contributed by atoms with E-state index in [0.29, 0.717) is 57.3 Å². The Morgan fingerprint density at radius 3 is 1.22 bits per heavy atom. The number of nitrogens with zero attached hydrogens (tertiary/aromatic N) is 8. The molecule has 6 aliphatic rings. The van der Waals surface area contributed by atoms with Crippen molar-refractivity contribution in [1.29, 1.82) is 10.5 Å². The molecule has 30 heteroatoms. The van der Waals surface area contributed by atoms with Crippen molar-refractivity contribution in [3.05, 3.63) is 142 Å². The lowest BCUT2D eigenvalue weighted by molar-refractivity contribution is -0.192. The van der Waals surface area contributed by atoms with Crippen LogP contribution in [-0.2, 0) is 80.5 Å². The highest BCUT2D eigenvalue weighted by atomic mass is 127. The van der Waals surface area contributed by atoms with E-state index in [4.69, 9.17) is 72.3 Å². The number of hydrogen-bond donors (Lipinski definition) is 5. The van der Waals surface area contributed by atoms with Gasteiger partial charge in [0.15, 0.2) is 0 Å². The van der Waals surface area contributed by atoms with Crippen LogP contribution in [0.4, 0.5) is 27.5 Å². The molecule has 0 aliphatic carbocycles. The molecule has 2 atom stereocenters. The Kier molecular flexibility index (Phi) is 42.1.